The van der Waals surface area contributed by atoms with Gasteiger partial charge in [0.2, 0.25) is 11.8 Å². The summed E-state index contributed by atoms with van der Waals surface area (Å²) in [6, 6.07) is 22.5. The molecule has 5 fully saturated rings. The van der Waals surface area contributed by atoms with Gasteiger partial charge in [0.1, 0.15) is 17.6 Å². The zero-order valence-electron chi connectivity index (χ0n) is 40.5. The summed E-state index contributed by atoms with van der Waals surface area (Å²) in [5, 5.41) is 18.0. The Morgan fingerprint density at radius 1 is 0.847 bits per heavy atom. The third-order valence-corrected chi connectivity index (χ3v) is 17.2. The van der Waals surface area contributed by atoms with Crippen LogP contribution in [0.4, 0.5) is 16.6 Å². The molecule has 0 spiro atoms. The van der Waals surface area contributed by atoms with Crippen molar-refractivity contribution in [2.75, 3.05) is 35.2 Å². The molecule has 0 radical (unpaired) electrons. The standard InChI is InChI=1S/C56H58N10O5S/c1-32(60-55-61-43-12-3-4-14-46(43)72-55)38-10-7-9-37-19-22-64(30-42(37)38)47-17-15-39(41-29-59-65(33(41)2)31-56-26-34-23-35(27-56)25-36(24-34)28-56)50(62-47)52(69)58-21-6-5-20-57-44-13-8-11-40-49(44)54(71)66(53(40)70)45-16-18-48(67)63-51(45)68/h3-4,7-15,17,29,34-36,45,57H,1,5-6,16,18-28,30-31H2,2H3,(H,58,69)(H,60,61)(H,63,67,68). The van der Waals surface area contributed by atoms with Gasteiger partial charge in [-0.3, -0.25) is 38.9 Å². The predicted octanol–water partition coefficient (Wildman–Crippen LogP) is 8.75. The van der Waals surface area contributed by atoms with Crippen LogP contribution in [0.2, 0.25) is 0 Å². The van der Waals surface area contributed by atoms with Crippen molar-refractivity contribution < 1.29 is 24.0 Å². The van der Waals surface area contributed by atoms with Gasteiger partial charge >= 0.3 is 0 Å². The molecule has 4 aliphatic carbocycles. The number of thiazole rings is 1. The van der Waals surface area contributed by atoms with E-state index in [1.165, 1.54) is 44.1 Å². The van der Waals surface area contributed by atoms with E-state index in [2.05, 4.69) is 68.6 Å². The molecular formula is C56H58N10O5S. The fourth-order valence-electron chi connectivity index (χ4n) is 13.3. The van der Waals surface area contributed by atoms with Crippen LogP contribution in [0.5, 0.6) is 0 Å². The van der Waals surface area contributed by atoms with Gasteiger partial charge in [-0.15, -0.1) is 0 Å². The zero-order valence-corrected chi connectivity index (χ0v) is 41.3. The third kappa shape index (κ3) is 8.42. The molecule has 1 saturated heterocycles. The molecule has 3 aromatic heterocycles. The summed E-state index contributed by atoms with van der Waals surface area (Å²) < 4.78 is 3.30. The smallest absolute Gasteiger partial charge is 0.270 e. The van der Waals surface area contributed by atoms with Crippen molar-refractivity contribution in [1.82, 2.24) is 35.3 Å². The molecule has 1 atom stereocenters. The van der Waals surface area contributed by atoms with Crippen LogP contribution >= 0.6 is 11.3 Å². The van der Waals surface area contributed by atoms with Gasteiger partial charge in [-0.1, -0.05) is 54.3 Å². The number of imide groups is 2. The first kappa shape index (κ1) is 45.9. The van der Waals surface area contributed by atoms with Crippen LogP contribution in [0.25, 0.3) is 27.0 Å². The number of nitrogens with zero attached hydrogens (tertiary/aromatic N) is 6. The Morgan fingerprint density at radius 2 is 1.62 bits per heavy atom. The SMILES string of the molecule is C=C(Nc1nc2ccccc2s1)c1cccc2c1CN(c1ccc(-c3cnn(CC45CC6CC(CC(C6)C4)C5)c3C)c(C(=O)NCCCCNc3cccc4c3C(=O)N(C3CCC(=O)NC3=O)C4=O)n1)CC2. The van der Waals surface area contributed by atoms with E-state index >= 15 is 0 Å². The molecular weight excluding hydrogens is 925 g/mol. The molecule has 72 heavy (non-hydrogen) atoms. The Hall–Kier alpha value is -7.20. The molecule has 6 aromatic rings. The Morgan fingerprint density at radius 3 is 2.42 bits per heavy atom. The van der Waals surface area contributed by atoms with Crippen molar-refractivity contribution in [1.29, 1.82) is 0 Å². The number of nitrogens with one attached hydrogen (secondary N) is 4. The van der Waals surface area contributed by atoms with Gasteiger partial charge in [0.05, 0.1) is 27.5 Å². The van der Waals surface area contributed by atoms with E-state index in [0.29, 0.717) is 49.3 Å². The molecule has 16 heteroatoms. The van der Waals surface area contributed by atoms with Crippen molar-refractivity contribution in [3.05, 3.63) is 125 Å². The highest BCUT2D eigenvalue weighted by molar-refractivity contribution is 7.22. The molecule has 4 bridgehead atoms. The molecule has 13 rings (SSSR count). The molecule has 4 saturated carbocycles. The summed E-state index contributed by atoms with van der Waals surface area (Å²) in [5.41, 5.74) is 9.46. The van der Waals surface area contributed by atoms with Crippen LogP contribution < -0.4 is 26.2 Å². The summed E-state index contributed by atoms with van der Waals surface area (Å²) in [5.74, 6) is 0.800. The quantitative estimate of drug-likeness (QED) is 0.0570. The highest BCUT2D eigenvalue weighted by Gasteiger charge is 2.51. The fraction of sp³-hybridized carbons (Fsp3) is 0.393. The maximum atomic E-state index is 14.5. The van der Waals surface area contributed by atoms with E-state index in [4.69, 9.17) is 15.1 Å². The number of unbranched alkanes of at least 4 members (excludes halogenated alkanes) is 1. The minimum Gasteiger partial charge on any atom is -0.384 e. The molecule has 3 aromatic carbocycles. The van der Waals surface area contributed by atoms with E-state index in [-0.39, 0.29) is 29.9 Å². The third-order valence-electron chi connectivity index (χ3n) is 16.3. The van der Waals surface area contributed by atoms with Gasteiger partial charge in [0.15, 0.2) is 5.13 Å². The van der Waals surface area contributed by atoms with Crippen LogP contribution in [0.3, 0.4) is 0 Å². The Balaban J connectivity index is 0.757. The van der Waals surface area contributed by atoms with Crippen molar-refractivity contribution in [2.45, 2.75) is 96.7 Å². The highest BCUT2D eigenvalue weighted by Crippen LogP contribution is 2.60. The van der Waals surface area contributed by atoms with E-state index in [1.807, 2.05) is 36.5 Å². The zero-order chi connectivity index (χ0) is 49.3. The highest BCUT2D eigenvalue weighted by atomic mass is 32.1. The second-order valence-corrected chi connectivity index (χ2v) is 22.1. The van der Waals surface area contributed by atoms with Crippen molar-refractivity contribution in [3.8, 4) is 11.1 Å². The van der Waals surface area contributed by atoms with Gasteiger partial charge in [-0.2, -0.15) is 5.10 Å². The first-order valence-electron chi connectivity index (χ1n) is 25.6. The number of fused-ring (bicyclic) bond motifs is 3. The fourth-order valence-corrected chi connectivity index (χ4v) is 14.2. The number of hydrogen-bond donors (Lipinski definition) is 4. The monoisotopic (exact) mass is 982 g/mol. The van der Waals surface area contributed by atoms with Crippen molar-refractivity contribution in [3.63, 3.8) is 0 Å². The van der Waals surface area contributed by atoms with Gasteiger partial charge in [0.25, 0.3) is 17.7 Å². The maximum absolute atomic E-state index is 14.5. The maximum Gasteiger partial charge on any atom is 0.270 e. The lowest BCUT2D eigenvalue weighted by molar-refractivity contribution is -0.136. The molecule has 368 valence electrons. The van der Waals surface area contributed by atoms with Crippen LogP contribution in [-0.4, -0.2) is 79.9 Å². The topological polar surface area (TPSA) is 184 Å². The summed E-state index contributed by atoms with van der Waals surface area (Å²) in [6.45, 7) is 9.67. The van der Waals surface area contributed by atoms with Crippen LogP contribution in [0, 0.1) is 30.1 Å². The van der Waals surface area contributed by atoms with Crippen LogP contribution in [-0.2, 0) is 29.1 Å². The van der Waals surface area contributed by atoms with Gasteiger partial charge in [0, 0.05) is 72.9 Å². The van der Waals surface area contributed by atoms with Crippen LogP contribution in [0.15, 0.2) is 85.6 Å². The average molecular weight is 983 g/mol. The van der Waals surface area contributed by atoms with Crippen molar-refractivity contribution in [2.24, 2.45) is 23.2 Å². The number of rotatable bonds is 15. The number of carbonyl (C=O) groups excluding carboxylic acids is 5. The lowest BCUT2D eigenvalue weighted by Gasteiger charge is -2.56. The molecule has 4 N–H and O–H groups in total. The molecule has 6 heterocycles. The number of piperidine rings is 1. The Kier molecular flexibility index (Phi) is 11.8. The normalized spacial score (nSPS) is 23.1. The number of amides is 5. The molecule has 3 aliphatic heterocycles. The van der Waals surface area contributed by atoms with E-state index in [0.717, 1.165) is 97.0 Å². The summed E-state index contributed by atoms with van der Waals surface area (Å²) in [4.78, 5) is 79.2. The number of aromatic nitrogens is 4. The van der Waals surface area contributed by atoms with Crippen LogP contribution in [0.1, 0.15) is 118 Å². The Bertz CT molecular complexity index is 3160. The number of anilines is 3. The summed E-state index contributed by atoms with van der Waals surface area (Å²) in [7, 11) is 0. The number of hydrogen-bond acceptors (Lipinski definition) is 12. The second-order valence-electron chi connectivity index (χ2n) is 21.1. The number of carbonyl (C=O) groups is 5. The number of pyridine rings is 1. The summed E-state index contributed by atoms with van der Waals surface area (Å²) >= 11 is 1.60. The first-order valence-corrected chi connectivity index (χ1v) is 26.4. The molecule has 15 nitrogen and oxygen atoms in total. The van der Waals surface area contributed by atoms with Gasteiger partial charge in [-0.05, 0) is 142 Å². The molecule has 5 amide bonds. The molecule has 7 aliphatic rings. The molecule has 1 unspecified atom stereocenters. The Labute approximate surface area is 421 Å². The first-order chi connectivity index (χ1) is 35.0. The minimum absolute atomic E-state index is 0.0524. The lowest BCUT2D eigenvalue weighted by atomic mass is 9.49. The van der Waals surface area contributed by atoms with Gasteiger partial charge in [-0.25, -0.2) is 9.97 Å². The largest absolute Gasteiger partial charge is 0.384 e. The summed E-state index contributed by atoms with van der Waals surface area (Å²) in [6.07, 6.45) is 12.2. The van der Waals surface area contributed by atoms with E-state index in [1.54, 1.807) is 29.5 Å². The average Bonchev–Trinajstić information content (AvgIpc) is 4.03. The predicted molar refractivity (Wildman–Crippen MR) is 277 cm³/mol. The number of benzene rings is 3. The van der Waals surface area contributed by atoms with E-state index in [9.17, 15) is 24.0 Å². The van der Waals surface area contributed by atoms with Crippen molar-refractivity contribution >= 4 is 73.4 Å². The number of para-hydroxylation sites is 1. The minimum atomic E-state index is -1.04. The van der Waals surface area contributed by atoms with E-state index < -0.39 is 29.7 Å². The lowest BCUT2D eigenvalue weighted by Crippen LogP contribution is -2.54. The second kappa shape index (κ2) is 18.4. The van der Waals surface area contributed by atoms with Gasteiger partial charge < -0.3 is 20.9 Å².